The molecule has 2 rings (SSSR count). The number of aliphatic hydroxyl groups excluding tert-OH is 1. The standard InChI is InChI=1S/C13H19N5O5/c19-8-7-16-3-5-17(6-4-16)10-12(20)15-14-9-11-1-2-13(23-11)18(21)22/h1-2,9,19H,3-8,10H2,(H,15,20). The minimum atomic E-state index is -0.646. The molecule has 1 aromatic rings. The number of β-amino-alcohol motifs (C(OH)–C–C–N with tert-alkyl or cyclic N) is 1. The van der Waals surface area contributed by atoms with Crippen molar-refractivity contribution in [1.82, 2.24) is 15.2 Å². The van der Waals surface area contributed by atoms with Crippen molar-refractivity contribution in [2.75, 3.05) is 45.9 Å². The van der Waals surface area contributed by atoms with Crippen LogP contribution in [0.3, 0.4) is 0 Å². The number of hydrogen-bond donors (Lipinski definition) is 2. The monoisotopic (exact) mass is 325 g/mol. The second-order valence-electron chi connectivity index (χ2n) is 5.07. The molecule has 1 saturated heterocycles. The van der Waals surface area contributed by atoms with Crippen molar-refractivity contribution in [3.63, 3.8) is 0 Å². The summed E-state index contributed by atoms with van der Waals surface area (Å²) in [5, 5.41) is 23.0. The summed E-state index contributed by atoms with van der Waals surface area (Å²) in [6, 6.07) is 2.61. The molecule has 0 saturated carbocycles. The average Bonchev–Trinajstić information content (AvgIpc) is 2.99. The lowest BCUT2D eigenvalue weighted by molar-refractivity contribution is -0.402. The second-order valence-corrected chi connectivity index (χ2v) is 5.07. The van der Waals surface area contributed by atoms with Crippen molar-refractivity contribution < 1.29 is 19.2 Å². The molecule has 0 spiro atoms. The minimum Gasteiger partial charge on any atom is -0.400 e. The summed E-state index contributed by atoms with van der Waals surface area (Å²) >= 11 is 0. The van der Waals surface area contributed by atoms with Crippen LogP contribution in [0.2, 0.25) is 0 Å². The average molecular weight is 325 g/mol. The van der Waals surface area contributed by atoms with Crippen molar-refractivity contribution in [2.24, 2.45) is 5.10 Å². The highest BCUT2D eigenvalue weighted by Crippen LogP contribution is 2.13. The number of rotatable bonds is 7. The molecule has 1 amide bonds. The maximum absolute atomic E-state index is 11.8. The molecule has 1 aliphatic heterocycles. The summed E-state index contributed by atoms with van der Waals surface area (Å²) < 4.78 is 4.88. The first-order chi connectivity index (χ1) is 11.1. The third-order valence-electron chi connectivity index (χ3n) is 3.42. The van der Waals surface area contributed by atoms with E-state index in [1.807, 2.05) is 4.90 Å². The number of carbonyl (C=O) groups excluding carboxylic acids is 1. The van der Waals surface area contributed by atoms with Gasteiger partial charge >= 0.3 is 5.88 Å². The number of piperazine rings is 1. The topological polar surface area (TPSA) is 124 Å². The van der Waals surface area contributed by atoms with Crippen molar-refractivity contribution in [3.05, 3.63) is 28.0 Å². The fourth-order valence-corrected chi connectivity index (χ4v) is 2.23. The lowest BCUT2D eigenvalue weighted by Crippen LogP contribution is -2.49. The number of carbonyl (C=O) groups is 1. The maximum atomic E-state index is 11.8. The molecule has 2 heterocycles. The molecule has 10 heteroatoms. The van der Waals surface area contributed by atoms with E-state index in [1.54, 1.807) is 0 Å². The van der Waals surface area contributed by atoms with Gasteiger partial charge in [0.1, 0.15) is 4.92 Å². The van der Waals surface area contributed by atoms with Crippen LogP contribution in [0.25, 0.3) is 0 Å². The van der Waals surface area contributed by atoms with Gasteiger partial charge in [0.05, 0.1) is 25.4 Å². The highest BCUT2D eigenvalue weighted by Gasteiger charge is 2.18. The summed E-state index contributed by atoms with van der Waals surface area (Å²) in [5.74, 6) is -0.453. The second kappa shape index (κ2) is 8.36. The zero-order chi connectivity index (χ0) is 16.7. The number of nitro groups is 1. The van der Waals surface area contributed by atoms with Gasteiger partial charge in [-0.2, -0.15) is 5.10 Å². The Morgan fingerprint density at radius 2 is 2.09 bits per heavy atom. The third-order valence-corrected chi connectivity index (χ3v) is 3.42. The Kier molecular flexibility index (Phi) is 6.20. The number of furan rings is 1. The number of hydrazone groups is 1. The smallest absolute Gasteiger partial charge is 0.400 e. The highest BCUT2D eigenvalue weighted by atomic mass is 16.6. The Balaban J connectivity index is 1.70. The number of aliphatic hydroxyl groups is 1. The maximum Gasteiger partial charge on any atom is 0.433 e. The predicted octanol–water partition coefficient (Wildman–Crippen LogP) is -0.752. The normalized spacial score (nSPS) is 16.7. The van der Waals surface area contributed by atoms with Crippen LogP contribution >= 0.6 is 0 Å². The van der Waals surface area contributed by atoms with E-state index in [-0.39, 0.29) is 30.7 Å². The minimum absolute atomic E-state index is 0.139. The fourth-order valence-electron chi connectivity index (χ4n) is 2.23. The first-order valence-electron chi connectivity index (χ1n) is 7.20. The first-order valence-corrected chi connectivity index (χ1v) is 7.20. The Labute approximate surface area is 132 Å². The van der Waals surface area contributed by atoms with E-state index in [0.29, 0.717) is 6.54 Å². The van der Waals surface area contributed by atoms with Crippen LogP contribution < -0.4 is 5.43 Å². The largest absolute Gasteiger partial charge is 0.433 e. The molecular formula is C13H19N5O5. The third kappa shape index (κ3) is 5.43. The molecule has 10 nitrogen and oxygen atoms in total. The van der Waals surface area contributed by atoms with E-state index in [9.17, 15) is 14.9 Å². The van der Waals surface area contributed by atoms with Gasteiger partial charge in [-0.15, -0.1) is 0 Å². The fraction of sp³-hybridized carbons (Fsp3) is 0.538. The molecule has 0 aliphatic carbocycles. The highest BCUT2D eigenvalue weighted by molar-refractivity contribution is 5.81. The Hall–Kier alpha value is -2.30. The van der Waals surface area contributed by atoms with Gasteiger partial charge in [-0.25, -0.2) is 5.43 Å². The van der Waals surface area contributed by atoms with Crippen LogP contribution in [-0.2, 0) is 4.79 Å². The van der Waals surface area contributed by atoms with E-state index in [2.05, 4.69) is 15.4 Å². The molecule has 0 atom stereocenters. The summed E-state index contributed by atoms with van der Waals surface area (Å²) in [6.07, 6.45) is 1.21. The van der Waals surface area contributed by atoms with Gasteiger partial charge in [-0.3, -0.25) is 24.7 Å². The van der Waals surface area contributed by atoms with Crippen LogP contribution in [0.4, 0.5) is 5.88 Å². The lowest BCUT2D eigenvalue weighted by atomic mass is 10.3. The van der Waals surface area contributed by atoms with Crippen LogP contribution in [0.5, 0.6) is 0 Å². The summed E-state index contributed by atoms with van der Waals surface area (Å²) in [5.41, 5.74) is 2.36. The van der Waals surface area contributed by atoms with Gasteiger partial charge in [0.2, 0.25) is 0 Å². The quantitative estimate of drug-likeness (QED) is 0.384. The van der Waals surface area contributed by atoms with Crippen LogP contribution in [0.1, 0.15) is 5.76 Å². The van der Waals surface area contributed by atoms with E-state index in [0.717, 1.165) is 26.2 Å². The first kappa shape index (κ1) is 17.1. The zero-order valence-corrected chi connectivity index (χ0v) is 12.6. The van der Waals surface area contributed by atoms with Crippen molar-refractivity contribution in [1.29, 1.82) is 0 Å². The molecule has 1 aliphatic rings. The van der Waals surface area contributed by atoms with Crippen LogP contribution in [0, 0.1) is 10.1 Å². The van der Waals surface area contributed by atoms with Crippen LogP contribution in [0.15, 0.2) is 21.7 Å². The SMILES string of the molecule is O=C(CN1CCN(CCO)CC1)NN=Cc1ccc([N+](=O)[O-])o1. The molecule has 23 heavy (non-hydrogen) atoms. The van der Waals surface area contributed by atoms with Crippen molar-refractivity contribution in [2.45, 2.75) is 0 Å². The molecule has 0 bridgehead atoms. The molecule has 0 radical (unpaired) electrons. The predicted molar refractivity (Wildman–Crippen MR) is 81.1 cm³/mol. The summed E-state index contributed by atoms with van der Waals surface area (Å²) in [7, 11) is 0. The number of nitrogens with zero attached hydrogens (tertiary/aromatic N) is 4. The number of nitrogens with one attached hydrogen (secondary N) is 1. The molecule has 126 valence electrons. The number of hydrogen-bond acceptors (Lipinski definition) is 8. The van der Waals surface area contributed by atoms with Gasteiger partial charge in [-0.05, 0) is 6.07 Å². The van der Waals surface area contributed by atoms with E-state index < -0.39 is 4.92 Å². The van der Waals surface area contributed by atoms with Gasteiger partial charge in [0.15, 0.2) is 5.76 Å². The molecule has 1 fully saturated rings. The summed E-state index contributed by atoms with van der Waals surface area (Å²) in [6.45, 7) is 4.14. The lowest BCUT2D eigenvalue weighted by Gasteiger charge is -2.33. The number of amides is 1. The van der Waals surface area contributed by atoms with E-state index in [1.165, 1.54) is 18.3 Å². The van der Waals surface area contributed by atoms with Gasteiger partial charge < -0.3 is 9.52 Å². The Bertz CT molecular complexity index is 565. The van der Waals surface area contributed by atoms with Crippen molar-refractivity contribution in [3.8, 4) is 0 Å². The summed E-state index contributed by atoms with van der Waals surface area (Å²) in [4.78, 5) is 25.7. The molecule has 2 N–H and O–H groups in total. The van der Waals surface area contributed by atoms with E-state index in [4.69, 9.17) is 9.52 Å². The molecule has 0 unspecified atom stereocenters. The van der Waals surface area contributed by atoms with Gasteiger partial charge in [0.25, 0.3) is 5.91 Å². The zero-order valence-electron chi connectivity index (χ0n) is 12.6. The molecular weight excluding hydrogens is 306 g/mol. The molecule has 0 aromatic carbocycles. The Morgan fingerprint density at radius 1 is 1.39 bits per heavy atom. The van der Waals surface area contributed by atoms with E-state index >= 15 is 0 Å². The van der Waals surface area contributed by atoms with Crippen molar-refractivity contribution >= 4 is 18.0 Å². The Morgan fingerprint density at radius 3 is 2.70 bits per heavy atom. The van der Waals surface area contributed by atoms with Gasteiger partial charge in [0, 0.05) is 32.7 Å². The molecule has 1 aromatic heterocycles. The van der Waals surface area contributed by atoms with Gasteiger partial charge in [-0.1, -0.05) is 0 Å². The van der Waals surface area contributed by atoms with Crippen LogP contribution in [-0.4, -0.2) is 77.8 Å².